The second-order valence-electron chi connectivity index (χ2n) is 6.12. The second kappa shape index (κ2) is 7.30. The lowest BCUT2D eigenvalue weighted by Crippen LogP contribution is -2.19. The number of carbonyl (C=O) groups is 1. The lowest BCUT2D eigenvalue weighted by Gasteiger charge is -2.17. The van der Waals surface area contributed by atoms with Crippen LogP contribution in [0.3, 0.4) is 0 Å². The number of hydrogen-bond acceptors (Lipinski definition) is 3. The number of amides is 1. The molecule has 0 bridgehead atoms. The molecule has 2 heterocycles. The Bertz CT molecular complexity index is 1020. The van der Waals surface area contributed by atoms with Crippen LogP contribution in [0.15, 0.2) is 73.1 Å². The molecule has 0 saturated carbocycles. The molecule has 3 aromatic rings. The van der Waals surface area contributed by atoms with Crippen LogP contribution in [-0.4, -0.2) is 11.1 Å². The van der Waals surface area contributed by atoms with Gasteiger partial charge in [-0.05, 0) is 41.5 Å². The molecule has 0 radical (unpaired) electrons. The lowest BCUT2D eigenvalue weighted by molar-refractivity contribution is 0.132. The molecule has 2 atom stereocenters. The lowest BCUT2D eigenvalue weighted by atomic mass is 9.97. The number of carbonyl (C=O) groups excluding carboxylic acids is 1. The van der Waals surface area contributed by atoms with E-state index < -0.39 is 18.2 Å². The number of nitrogens with zero attached hydrogens (tertiary/aromatic N) is 1. The van der Waals surface area contributed by atoms with E-state index in [9.17, 15) is 9.18 Å². The number of aromatic nitrogens is 1. The maximum absolute atomic E-state index is 13.2. The van der Waals surface area contributed by atoms with Crippen LogP contribution in [0.2, 0.25) is 0 Å². The number of halogens is 1. The van der Waals surface area contributed by atoms with Crippen LogP contribution < -0.4 is 5.32 Å². The summed E-state index contributed by atoms with van der Waals surface area (Å²) in [5, 5.41) is 2.79. The van der Waals surface area contributed by atoms with E-state index in [4.69, 9.17) is 4.74 Å². The molecular formula is C22H15FN2O2. The molecule has 1 aromatic heterocycles. The first-order valence-corrected chi connectivity index (χ1v) is 8.44. The molecule has 4 nitrogen and oxygen atoms in total. The summed E-state index contributed by atoms with van der Waals surface area (Å²) < 4.78 is 18.6. The van der Waals surface area contributed by atoms with Crippen molar-refractivity contribution in [3.63, 3.8) is 0 Å². The topological polar surface area (TPSA) is 51.2 Å². The Hall–Kier alpha value is -3.65. The van der Waals surface area contributed by atoms with Crippen LogP contribution in [0, 0.1) is 17.7 Å². The third kappa shape index (κ3) is 3.80. The fourth-order valence-electron chi connectivity index (χ4n) is 2.95. The number of hydrogen-bond donors (Lipinski definition) is 1. The average molecular weight is 358 g/mol. The third-order valence-corrected chi connectivity index (χ3v) is 4.25. The summed E-state index contributed by atoms with van der Waals surface area (Å²) in [6.45, 7) is 0. The first-order valence-electron chi connectivity index (χ1n) is 8.44. The maximum Gasteiger partial charge on any atom is 0.408 e. The first kappa shape index (κ1) is 16.8. The molecule has 5 heteroatoms. The van der Waals surface area contributed by atoms with Gasteiger partial charge < -0.3 is 10.1 Å². The Labute approximate surface area is 156 Å². The Morgan fingerprint density at radius 3 is 2.44 bits per heavy atom. The largest absolute Gasteiger partial charge is 0.439 e. The number of ether oxygens (including phenoxy) is 1. The summed E-state index contributed by atoms with van der Waals surface area (Å²) in [6, 6.07) is 17.0. The molecule has 1 N–H and O–H groups in total. The molecule has 0 unspecified atom stereocenters. The minimum atomic E-state index is -0.558. The Morgan fingerprint density at radius 2 is 1.67 bits per heavy atom. The maximum atomic E-state index is 13.2. The number of rotatable bonds is 2. The van der Waals surface area contributed by atoms with Gasteiger partial charge in [0.1, 0.15) is 11.9 Å². The monoisotopic (exact) mass is 358 g/mol. The number of cyclic esters (lactones) is 1. The van der Waals surface area contributed by atoms with Crippen molar-refractivity contribution in [1.29, 1.82) is 0 Å². The van der Waals surface area contributed by atoms with E-state index >= 15 is 0 Å². The molecule has 27 heavy (non-hydrogen) atoms. The Morgan fingerprint density at radius 1 is 0.926 bits per heavy atom. The zero-order valence-electron chi connectivity index (χ0n) is 14.2. The molecule has 1 amide bonds. The smallest absolute Gasteiger partial charge is 0.408 e. The molecule has 0 aliphatic carbocycles. The summed E-state index contributed by atoms with van der Waals surface area (Å²) in [5.41, 5.74) is 3.12. The van der Waals surface area contributed by atoms with E-state index in [1.807, 2.05) is 36.4 Å². The van der Waals surface area contributed by atoms with Crippen molar-refractivity contribution in [1.82, 2.24) is 10.3 Å². The molecule has 1 fully saturated rings. The van der Waals surface area contributed by atoms with Crippen LogP contribution in [-0.2, 0) is 4.74 Å². The number of alkyl carbamates (subject to hydrolysis) is 1. The predicted octanol–water partition coefficient (Wildman–Crippen LogP) is 4.14. The molecule has 132 valence electrons. The van der Waals surface area contributed by atoms with Gasteiger partial charge in [0.25, 0.3) is 0 Å². The van der Waals surface area contributed by atoms with E-state index in [-0.39, 0.29) is 5.82 Å². The van der Waals surface area contributed by atoms with Crippen molar-refractivity contribution in [3.05, 3.63) is 101 Å². The van der Waals surface area contributed by atoms with Crippen LogP contribution in [0.25, 0.3) is 0 Å². The Balaban J connectivity index is 1.63. The van der Waals surface area contributed by atoms with Crippen molar-refractivity contribution in [2.24, 2.45) is 0 Å². The number of benzene rings is 2. The standard InChI is InChI=1S/C22H15FN2O2/c23-19-10-8-17(9-11-19)21-20(25-22(26)27-21)18-12-16(13-24-14-18)7-6-15-4-2-1-3-5-15/h1-5,8-14,20-21H,(H,25,26)/t20-,21-/m0/s1. The van der Waals surface area contributed by atoms with Crippen LogP contribution in [0.4, 0.5) is 9.18 Å². The van der Waals surface area contributed by atoms with Gasteiger partial charge in [-0.2, -0.15) is 0 Å². The van der Waals surface area contributed by atoms with E-state index in [0.717, 1.165) is 16.7 Å². The zero-order valence-corrected chi connectivity index (χ0v) is 14.2. The summed E-state index contributed by atoms with van der Waals surface area (Å²) in [6.07, 6.45) is 2.26. The third-order valence-electron chi connectivity index (χ3n) is 4.25. The van der Waals surface area contributed by atoms with Gasteiger partial charge in [-0.1, -0.05) is 42.2 Å². The number of pyridine rings is 1. The fourth-order valence-corrected chi connectivity index (χ4v) is 2.95. The Kier molecular flexibility index (Phi) is 4.54. The van der Waals surface area contributed by atoms with E-state index in [2.05, 4.69) is 22.1 Å². The molecule has 1 aliphatic heterocycles. The summed E-state index contributed by atoms with van der Waals surface area (Å²) in [4.78, 5) is 16.1. The van der Waals surface area contributed by atoms with E-state index in [0.29, 0.717) is 5.56 Å². The van der Waals surface area contributed by atoms with Crippen LogP contribution in [0.5, 0.6) is 0 Å². The first-order chi connectivity index (χ1) is 13.2. The summed E-state index contributed by atoms with van der Waals surface area (Å²) in [5.74, 6) is 5.83. The summed E-state index contributed by atoms with van der Waals surface area (Å²) >= 11 is 0. The van der Waals surface area contributed by atoms with Crippen molar-refractivity contribution >= 4 is 6.09 Å². The van der Waals surface area contributed by atoms with Gasteiger partial charge in [-0.15, -0.1) is 0 Å². The highest BCUT2D eigenvalue weighted by Gasteiger charge is 2.36. The summed E-state index contributed by atoms with van der Waals surface area (Å²) in [7, 11) is 0. The highest BCUT2D eigenvalue weighted by atomic mass is 19.1. The van der Waals surface area contributed by atoms with Gasteiger partial charge in [-0.3, -0.25) is 4.98 Å². The van der Waals surface area contributed by atoms with Crippen molar-refractivity contribution in [2.45, 2.75) is 12.1 Å². The SMILES string of the molecule is O=C1N[C@@H](c2cncc(C#Cc3ccccc3)c2)[C@H](c2ccc(F)cc2)O1. The van der Waals surface area contributed by atoms with Crippen LogP contribution in [0.1, 0.15) is 34.4 Å². The normalized spacial score (nSPS) is 18.2. The van der Waals surface area contributed by atoms with Crippen molar-refractivity contribution in [3.8, 4) is 11.8 Å². The highest BCUT2D eigenvalue weighted by Crippen LogP contribution is 2.36. The molecular weight excluding hydrogens is 343 g/mol. The quantitative estimate of drug-likeness (QED) is 0.701. The van der Waals surface area contributed by atoms with Gasteiger partial charge >= 0.3 is 6.09 Å². The van der Waals surface area contributed by atoms with E-state index in [1.54, 1.807) is 24.5 Å². The molecule has 1 aliphatic rings. The molecule has 4 rings (SSSR count). The van der Waals surface area contributed by atoms with Crippen molar-refractivity contribution < 1.29 is 13.9 Å². The van der Waals surface area contributed by atoms with Gasteiger partial charge in [-0.25, -0.2) is 9.18 Å². The van der Waals surface area contributed by atoms with Crippen LogP contribution >= 0.6 is 0 Å². The fraction of sp³-hybridized carbons (Fsp3) is 0.0909. The molecule has 1 saturated heterocycles. The molecule has 0 spiro atoms. The van der Waals surface area contributed by atoms with E-state index in [1.165, 1.54) is 12.1 Å². The van der Waals surface area contributed by atoms with Gasteiger partial charge in [0.2, 0.25) is 0 Å². The highest BCUT2D eigenvalue weighted by molar-refractivity contribution is 5.71. The van der Waals surface area contributed by atoms with Crippen molar-refractivity contribution in [2.75, 3.05) is 0 Å². The minimum absolute atomic E-state index is 0.340. The molecule has 2 aromatic carbocycles. The van der Waals surface area contributed by atoms with Gasteiger partial charge in [0.15, 0.2) is 6.10 Å². The van der Waals surface area contributed by atoms with Gasteiger partial charge in [0, 0.05) is 23.5 Å². The second-order valence-corrected chi connectivity index (χ2v) is 6.12. The number of nitrogens with one attached hydrogen (secondary N) is 1. The predicted molar refractivity (Wildman–Crippen MR) is 98.2 cm³/mol. The van der Waals surface area contributed by atoms with Gasteiger partial charge in [0.05, 0.1) is 0 Å². The zero-order chi connectivity index (χ0) is 18.6. The minimum Gasteiger partial charge on any atom is -0.439 e. The average Bonchev–Trinajstić information content (AvgIpc) is 3.10.